The minimum Gasteiger partial charge on any atom is -0.298 e. The molecule has 1 heterocycles. The first-order valence-corrected chi connectivity index (χ1v) is 6.32. The Kier molecular flexibility index (Phi) is 3.45. The number of halogens is 1. The number of aryl methyl sites for hydroxylation is 1. The van der Waals surface area contributed by atoms with E-state index >= 15 is 0 Å². The van der Waals surface area contributed by atoms with Crippen LogP contribution < -0.4 is 5.32 Å². The number of aromatic nitrogens is 1. The van der Waals surface area contributed by atoms with Gasteiger partial charge in [-0.3, -0.25) is 10.1 Å². The maximum Gasteiger partial charge on any atom is 0.257 e. The summed E-state index contributed by atoms with van der Waals surface area (Å²) < 4.78 is 0. The van der Waals surface area contributed by atoms with Gasteiger partial charge < -0.3 is 0 Å². The van der Waals surface area contributed by atoms with Crippen molar-refractivity contribution < 1.29 is 4.79 Å². The summed E-state index contributed by atoms with van der Waals surface area (Å²) in [5.74, 6) is -0.181. The third-order valence-electron chi connectivity index (χ3n) is 2.35. The molecule has 1 N–H and O–H groups in total. The van der Waals surface area contributed by atoms with Crippen molar-refractivity contribution in [3.63, 3.8) is 0 Å². The van der Waals surface area contributed by atoms with E-state index < -0.39 is 0 Å². The van der Waals surface area contributed by atoms with Crippen molar-refractivity contribution in [2.45, 2.75) is 13.8 Å². The Bertz CT molecular complexity index is 565. The summed E-state index contributed by atoms with van der Waals surface area (Å²) in [4.78, 5) is 16.2. The van der Waals surface area contributed by atoms with Crippen LogP contribution in [0.5, 0.6) is 0 Å². The number of hydrogen-bond donors (Lipinski definition) is 1. The largest absolute Gasteiger partial charge is 0.298 e. The monoisotopic (exact) mass is 266 g/mol. The lowest BCUT2D eigenvalue weighted by molar-refractivity contribution is 0.102. The molecule has 0 unspecified atom stereocenters. The number of anilines is 1. The summed E-state index contributed by atoms with van der Waals surface area (Å²) in [5.41, 5.74) is 2.25. The number of nitrogens with one attached hydrogen (secondary N) is 1. The highest BCUT2D eigenvalue weighted by Gasteiger charge is 2.12. The highest BCUT2D eigenvalue weighted by molar-refractivity contribution is 7.13. The van der Waals surface area contributed by atoms with Crippen LogP contribution in [0.3, 0.4) is 0 Å². The van der Waals surface area contributed by atoms with Gasteiger partial charge in [0.2, 0.25) is 0 Å². The van der Waals surface area contributed by atoms with Crippen molar-refractivity contribution >= 4 is 34.0 Å². The van der Waals surface area contributed by atoms with Gasteiger partial charge in [0.15, 0.2) is 5.13 Å². The van der Waals surface area contributed by atoms with Crippen LogP contribution in [0.2, 0.25) is 5.02 Å². The Morgan fingerprint density at radius 1 is 1.41 bits per heavy atom. The van der Waals surface area contributed by atoms with E-state index in [1.807, 2.05) is 19.2 Å². The molecule has 1 aromatic carbocycles. The number of nitrogens with zero attached hydrogens (tertiary/aromatic N) is 1. The second kappa shape index (κ2) is 4.85. The SMILES string of the molecule is Cc1csc(NC(=O)c2cccc(Cl)c2C)n1. The zero-order valence-electron chi connectivity index (χ0n) is 9.45. The molecule has 0 spiro atoms. The van der Waals surface area contributed by atoms with Crippen molar-refractivity contribution in [2.24, 2.45) is 0 Å². The zero-order chi connectivity index (χ0) is 12.4. The average molecular weight is 267 g/mol. The first-order chi connectivity index (χ1) is 8.08. The number of hydrogen-bond acceptors (Lipinski definition) is 3. The number of thiazole rings is 1. The van der Waals surface area contributed by atoms with E-state index in [1.165, 1.54) is 11.3 Å². The van der Waals surface area contributed by atoms with Gasteiger partial charge in [-0.25, -0.2) is 4.98 Å². The van der Waals surface area contributed by atoms with Crippen LogP contribution in [0.15, 0.2) is 23.6 Å². The van der Waals surface area contributed by atoms with E-state index in [4.69, 9.17) is 11.6 Å². The fraction of sp³-hybridized carbons (Fsp3) is 0.167. The van der Waals surface area contributed by atoms with Gasteiger partial charge in [0.1, 0.15) is 0 Å². The first-order valence-electron chi connectivity index (χ1n) is 5.06. The molecular weight excluding hydrogens is 256 g/mol. The smallest absolute Gasteiger partial charge is 0.257 e. The molecule has 5 heteroatoms. The molecule has 3 nitrogen and oxygen atoms in total. The Morgan fingerprint density at radius 3 is 2.82 bits per heavy atom. The van der Waals surface area contributed by atoms with Gasteiger partial charge >= 0.3 is 0 Å². The van der Waals surface area contributed by atoms with Gasteiger partial charge in [0.25, 0.3) is 5.91 Å². The molecule has 0 saturated carbocycles. The summed E-state index contributed by atoms with van der Waals surface area (Å²) in [6.45, 7) is 3.71. The summed E-state index contributed by atoms with van der Waals surface area (Å²) in [5, 5.41) is 5.84. The van der Waals surface area contributed by atoms with Crippen LogP contribution >= 0.6 is 22.9 Å². The van der Waals surface area contributed by atoms with Gasteiger partial charge in [-0.05, 0) is 31.5 Å². The lowest BCUT2D eigenvalue weighted by Crippen LogP contribution is -2.13. The molecular formula is C12H11ClN2OS. The minimum atomic E-state index is -0.181. The van der Waals surface area contributed by atoms with Gasteiger partial charge in [-0.15, -0.1) is 11.3 Å². The molecule has 1 amide bonds. The molecule has 2 rings (SSSR count). The van der Waals surface area contributed by atoms with Crippen LogP contribution in [0, 0.1) is 13.8 Å². The van der Waals surface area contributed by atoms with Gasteiger partial charge in [-0.2, -0.15) is 0 Å². The van der Waals surface area contributed by atoms with Gasteiger partial charge in [-0.1, -0.05) is 17.7 Å². The molecule has 0 atom stereocenters. The molecule has 0 radical (unpaired) electrons. The Morgan fingerprint density at radius 2 is 2.18 bits per heavy atom. The van der Waals surface area contributed by atoms with Crippen molar-refractivity contribution in [1.29, 1.82) is 0 Å². The summed E-state index contributed by atoms with van der Waals surface area (Å²) in [6.07, 6.45) is 0. The maximum absolute atomic E-state index is 12.0. The normalized spacial score (nSPS) is 10.3. The van der Waals surface area contributed by atoms with Crippen LogP contribution in [-0.4, -0.2) is 10.9 Å². The Labute approximate surface area is 108 Å². The van der Waals surface area contributed by atoms with Crippen LogP contribution in [-0.2, 0) is 0 Å². The van der Waals surface area contributed by atoms with E-state index in [0.717, 1.165) is 11.3 Å². The minimum absolute atomic E-state index is 0.181. The standard InChI is InChI=1S/C12H11ClN2OS/c1-7-6-17-12(14-7)15-11(16)9-4-3-5-10(13)8(9)2/h3-6H,1-2H3,(H,14,15,16). The second-order valence-corrected chi connectivity index (χ2v) is 4.93. The fourth-order valence-electron chi connectivity index (χ4n) is 1.43. The number of carbonyl (C=O) groups excluding carboxylic acids is 1. The zero-order valence-corrected chi connectivity index (χ0v) is 11.0. The molecule has 17 heavy (non-hydrogen) atoms. The summed E-state index contributed by atoms with van der Waals surface area (Å²) >= 11 is 7.38. The van der Waals surface area contributed by atoms with Crippen molar-refractivity contribution in [2.75, 3.05) is 5.32 Å². The van der Waals surface area contributed by atoms with E-state index in [1.54, 1.807) is 18.2 Å². The van der Waals surface area contributed by atoms with E-state index in [2.05, 4.69) is 10.3 Å². The Balaban J connectivity index is 2.23. The van der Waals surface area contributed by atoms with Crippen LogP contribution in [0.1, 0.15) is 21.6 Å². The molecule has 0 bridgehead atoms. The molecule has 2 aromatic rings. The molecule has 0 aliphatic carbocycles. The molecule has 0 saturated heterocycles. The molecule has 0 fully saturated rings. The first kappa shape index (κ1) is 12.1. The lowest BCUT2D eigenvalue weighted by atomic mass is 10.1. The molecule has 1 aromatic heterocycles. The van der Waals surface area contributed by atoms with E-state index in [0.29, 0.717) is 15.7 Å². The quantitative estimate of drug-likeness (QED) is 0.901. The molecule has 0 aliphatic heterocycles. The third kappa shape index (κ3) is 2.65. The van der Waals surface area contributed by atoms with Crippen LogP contribution in [0.4, 0.5) is 5.13 Å². The van der Waals surface area contributed by atoms with Crippen molar-refractivity contribution in [3.05, 3.63) is 45.4 Å². The number of rotatable bonds is 2. The lowest BCUT2D eigenvalue weighted by Gasteiger charge is -2.06. The predicted octanol–water partition coefficient (Wildman–Crippen LogP) is 3.67. The summed E-state index contributed by atoms with van der Waals surface area (Å²) in [6, 6.07) is 5.27. The number of amides is 1. The van der Waals surface area contributed by atoms with Crippen LogP contribution in [0.25, 0.3) is 0 Å². The van der Waals surface area contributed by atoms with Gasteiger partial charge in [0, 0.05) is 16.0 Å². The third-order valence-corrected chi connectivity index (χ3v) is 3.64. The highest BCUT2D eigenvalue weighted by Crippen LogP contribution is 2.21. The summed E-state index contributed by atoms with van der Waals surface area (Å²) in [7, 11) is 0. The maximum atomic E-state index is 12.0. The second-order valence-electron chi connectivity index (χ2n) is 3.66. The number of benzene rings is 1. The number of carbonyl (C=O) groups is 1. The predicted molar refractivity (Wildman–Crippen MR) is 71.0 cm³/mol. The average Bonchev–Trinajstić information content (AvgIpc) is 2.68. The van der Waals surface area contributed by atoms with Crippen molar-refractivity contribution in [3.8, 4) is 0 Å². The topological polar surface area (TPSA) is 42.0 Å². The van der Waals surface area contributed by atoms with Crippen molar-refractivity contribution in [1.82, 2.24) is 4.98 Å². The van der Waals surface area contributed by atoms with E-state index in [9.17, 15) is 4.79 Å². The van der Waals surface area contributed by atoms with Gasteiger partial charge in [0.05, 0.1) is 5.69 Å². The fourth-order valence-corrected chi connectivity index (χ4v) is 2.29. The highest BCUT2D eigenvalue weighted by atomic mass is 35.5. The molecule has 88 valence electrons. The Hall–Kier alpha value is -1.39. The molecule has 0 aliphatic rings. The van der Waals surface area contributed by atoms with E-state index in [-0.39, 0.29) is 5.91 Å².